The lowest BCUT2D eigenvalue weighted by Gasteiger charge is -2.36. The third-order valence-electron chi connectivity index (χ3n) is 4.81. The molecule has 1 unspecified atom stereocenters. The first kappa shape index (κ1) is 18.7. The number of rotatable bonds is 6. The summed E-state index contributed by atoms with van der Waals surface area (Å²) in [5, 5.41) is 12.6. The van der Waals surface area contributed by atoms with E-state index in [1.807, 2.05) is 49.1 Å². The minimum atomic E-state index is -0.547. The van der Waals surface area contributed by atoms with Crippen LogP contribution in [-0.2, 0) is 4.79 Å². The Labute approximate surface area is 155 Å². The number of nitrogens with zero attached hydrogens (tertiary/aromatic N) is 2. The zero-order chi connectivity index (χ0) is 18.5. The van der Waals surface area contributed by atoms with Crippen molar-refractivity contribution in [3.8, 4) is 5.75 Å². The van der Waals surface area contributed by atoms with Crippen LogP contribution in [-0.4, -0.2) is 66.2 Å². The highest BCUT2D eigenvalue weighted by Crippen LogP contribution is 2.20. The van der Waals surface area contributed by atoms with E-state index in [0.717, 1.165) is 37.3 Å². The van der Waals surface area contributed by atoms with Crippen molar-refractivity contribution in [3.05, 3.63) is 42.5 Å². The summed E-state index contributed by atoms with van der Waals surface area (Å²) in [6.45, 7) is 7.76. The molecule has 2 aromatic carbocycles. The number of aliphatic hydroxyl groups excluding tert-OH is 1. The van der Waals surface area contributed by atoms with Gasteiger partial charge in [-0.3, -0.25) is 9.69 Å². The minimum Gasteiger partial charge on any atom is -0.491 e. The molecule has 1 N–H and O–H groups in total. The van der Waals surface area contributed by atoms with Crippen molar-refractivity contribution in [2.45, 2.75) is 20.0 Å². The van der Waals surface area contributed by atoms with E-state index < -0.39 is 6.10 Å². The smallest absolute Gasteiger partial charge is 0.225 e. The first-order chi connectivity index (χ1) is 12.5. The predicted molar refractivity (Wildman–Crippen MR) is 103 cm³/mol. The Kier molecular flexibility index (Phi) is 6.12. The van der Waals surface area contributed by atoms with Crippen LogP contribution in [0.1, 0.15) is 13.8 Å². The highest BCUT2D eigenvalue weighted by atomic mass is 16.5. The summed E-state index contributed by atoms with van der Waals surface area (Å²) in [6, 6.07) is 14.1. The maximum Gasteiger partial charge on any atom is 0.225 e. The van der Waals surface area contributed by atoms with Crippen LogP contribution in [0, 0.1) is 5.92 Å². The van der Waals surface area contributed by atoms with Crippen LogP contribution in [0.4, 0.5) is 0 Å². The Hall–Kier alpha value is -2.11. The van der Waals surface area contributed by atoms with Crippen molar-refractivity contribution in [3.63, 3.8) is 0 Å². The Morgan fingerprint density at radius 2 is 1.77 bits per heavy atom. The normalized spacial score (nSPS) is 16.8. The fourth-order valence-electron chi connectivity index (χ4n) is 3.32. The van der Waals surface area contributed by atoms with Crippen LogP contribution in [0.2, 0.25) is 0 Å². The number of fused-ring (bicyclic) bond motifs is 1. The average Bonchev–Trinajstić information content (AvgIpc) is 2.66. The van der Waals surface area contributed by atoms with E-state index in [1.54, 1.807) is 0 Å². The fourth-order valence-corrected chi connectivity index (χ4v) is 3.32. The number of β-amino-alcohol motifs (C(OH)–C–C–N with tert-alkyl or cyclic N) is 1. The van der Waals surface area contributed by atoms with Crippen LogP contribution in [0.25, 0.3) is 10.8 Å². The highest BCUT2D eigenvalue weighted by molar-refractivity contribution is 5.83. The molecule has 5 nitrogen and oxygen atoms in total. The van der Waals surface area contributed by atoms with Gasteiger partial charge in [0, 0.05) is 38.6 Å². The van der Waals surface area contributed by atoms with Gasteiger partial charge in [0.1, 0.15) is 18.5 Å². The van der Waals surface area contributed by atoms with Gasteiger partial charge in [0.15, 0.2) is 0 Å². The summed E-state index contributed by atoms with van der Waals surface area (Å²) in [4.78, 5) is 16.1. The standard InChI is InChI=1S/C21H28N2O3/c1-16(2)21(25)23-11-9-22(10-12-23)14-19(24)15-26-20-8-7-17-5-3-4-6-18(17)13-20/h3-8,13,16,19,24H,9-12,14-15H2,1-2H3. The van der Waals surface area contributed by atoms with Crippen molar-refractivity contribution >= 4 is 16.7 Å². The van der Waals surface area contributed by atoms with Crippen molar-refractivity contribution in [2.24, 2.45) is 5.92 Å². The van der Waals surface area contributed by atoms with Crippen molar-refractivity contribution in [1.82, 2.24) is 9.80 Å². The van der Waals surface area contributed by atoms with E-state index in [9.17, 15) is 9.90 Å². The zero-order valence-electron chi connectivity index (χ0n) is 15.6. The molecule has 1 aliphatic rings. The second-order valence-electron chi connectivity index (χ2n) is 7.25. The summed E-state index contributed by atoms with van der Waals surface area (Å²) in [5.74, 6) is 1.03. The van der Waals surface area contributed by atoms with Gasteiger partial charge in [-0.15, -0.1) is 0 Å². The first-order valence-corrected chi connectivity index (χ1v) is 9.34. The maximum absolute atomic E-state index is 12.0. The minimum absolute atomic E-state index is 0.0440. The van der Waals surface area contributed by atoms with Gasteiger partial charge < -0.3 is 14.7 Å². The molecule has 0 radical (unpaired) electrons. The maximum atomic E-state index is 12.0. The van der Waals surface area contributed by atoms with E-state index in [-0.39, 0.29) is 18.4 Å². The van der Waals surface area contributed by atoms with E-state index in [4.69, 9.17) is 4.74 Å². The van der Waals surface area contributed by atoms with Crippen LogP contribution >= 0.6 is 0 Å². The number of piperazine rings is 1. The molecule has 5 heteroatoms. The Balaban J connectivity index is 1.44. The molecule has 2 aromatic rings. The lowest BCUT2D eigenvalue weighted by Crippen LogP contribution is -2.51. The number of hydrogen-bond donors (Lipinski definition) is 1. The predicted octanol–water partition coefficient (Wildman–Crippen LogP) is 2.38. The fraction of sp³-hybridized carbons (Fsp3) is 0.476. The average molecular weight is 356 g/mol. The molecule has 0 saturated carbocycles. The number of amides is 1. The molecule has 0 aliphatic carbocycles. The topological polar surface area (TPSA) is 53.0 Å². The molecule has 3 rings (SSSR count). The quantitative estimate of drug-likeness (QED) is 0.863. The third kappa shape index (κ3) is 4.74. The van der Waals surface area contributed by atoms with Crippen LogP contribution < -0.4 is 4.74 Å². The van der Waals surface area contributed by atoms with Gasteiger partial charge in [0.25, 0.3) is 0 Å². The number of benzene rings is 2. The molecule has 1 amide bonds. The summed E-state index contributed by atoms with van der Waals surface area (Å²) >= 11 is 0. The summed E-state index contributed by atoms with van der Waals surface area (Å²) in [5.41, 5.74) is 0. The summed E-state index contributed by atoms with van der Waals surface area (Å²) in [6.07, 6.45) is -0.547. The molecule has 0 aromatic heterocycles. The monoisotopic (exact) mass is 356 g/mol. The Morgan fingerprint density at radius 3 is 2.46 bits per heavy atom. The van der Waals surface area contributed by atoms with E-state index in [2.05, 4.69) is 17.0 Å². The molecule has 1 saturated heterocycles. The molecule has 26 heavy (non-hydrogen) atoms. The van der Waals surface area contributed by atoms with E-state index in [1.165, 1.54) is 5.39 Å². The number of carbonyl (C=O) groups excluding carboxylic acids is 1. The van der Waals surface area contributed by atoms with Gasteiger partial charge in [-0.05, 0) is 22.9 Å². The lowest BCUT2D eigenvalue weighted by molar-refractivity contribution is -0.136. The van der Waals surface area contributed by atoms with Crippen LogP contribution in [0.5, 0.6) is 5.75 Å². The first-order valence-electron chi connectivity index (χ1n) is 9.34. The van der Waals surface area contributed by atoms with Gasteiger partial charge in [-0.25, -0.2) is 0 Å². The Morgan fingerprint density at radius 1 is 1.08 bits per heavy atom. The number of carbonyl (C=O) groups is 1. The second kappa shape index (κ2) is 8.52. The molecule has 0 spiro atoms. The van der Waals surface area contributed by atoms with Crippen molar-refractivity contribution in [2.75, 3.05) is 39.3 Å². The van der Waals surface area contributed by atoms with Gasteiger partial charge in [-0.1, -0.05) is 44.2 Å². The highest BCUT2D eigenvalue weighted by Gasteiger charge is 2.24. The number of aliphatic hydroxyl groups is 1. The van der Waals surface area contributed by atoms with Crippen molar-refractivity contribution < 1.29 is 14.6 Å². The summed E-state index contributed by atoms with van der Waals surface area (Å²) in [7, 11) is 0. The van der Waals surface area contributed by atoms with Crippen LogP contribution in [0.15, 0.2) is 42.5 Å². The molecule has 0 bridgehead atoms. The van der Waals surface area contributed by atoms with Crippen molar-refractivity contribution in [1.29, 1.82) is 0 Å². The largest absolute Gasteiger partial charge is 0.491 e. The molecule has 1 fully saturated rings. The molecule has 1 atom stereocenters. The lowest BCUT2D eigenvalue weighted by atomic mass is 10.1. The number of ether oxygens (including phenoxy) is 1. The van der Waals surface area contributed by atoms with Gasteiger partial charge in [0.05, 0.1) is 0 Å². The molecular formula is C21H28N2O3. The molecule has 1 heterocycles. The molecule has 140 valence electrons. The van der Waals surface area contributed by atoms with E-state index >= 15 is 0 Å². The van der Waals surface area contributed by atoms with Gasteiger partial charge in [0.2, 0.25) is 5.91 Å². The Bertz CT molecular complexity index is 739. The molecule has 1 aliphatic heterocycles. The summed E-state index contributed by atoms with van der Waals surface area (Å²) < 4.78 is 5.77. The SMILES string of the molecule is CC(C)C(=O)N1CCN(CC(O)COc2ccc3ccccc3c2)CC1. The molecular weight excluding hydrogens is 328 g/mol. The number of hydrogen-bond acceptors (Lipinski definition) is 4. The van der Waals surface area contributed by atoms with E-state index in [0.29, 0.717) is 6.54 Å². The second-order valence-corrected chi connectivity index (χ2v) is 7.25. The van der Waals surface area contributed by atoms with Gasteiger partial charge in [-0.2, -0.15) is 0 Å². The third-order valence-corrected chi connectivity index (χ3v) is 4.81. The van der Waals surface area contributed by atoms with Crippen LogP contribution in [0.3, 0.4) is 0 Å². The van der Waals surface area contributed by atoms with Gasteiger partial charge >= 0.3 is 0 Å². The zero-order valence-corrected chi connectivity index (χ0v) is 15.6.